The Bertz CT molecular complexity index is 1200. The molecule has 3 atom stereocenters. The molecule has 0 spiro atoms. The van der Waals surface area contributed by atoms with Gasteiger partial charge in [0.15, 0.2) is 5.82 Å². The Morgan fingerprint density at radius 1 is 1.15 bits per heavy atom. The van der Waals surface area contributed by atoms with E-state index in [-0.39, 0.29) is 30.2 Å². The van der Waals surface area contributed by atoms with Gasteiger partial charge in [-0.1, -0.05) is 44.0 Å². The first-order valence-corrected chi connectivity index (χ1v) is 11.7. The number of carbonyl (C=O) groups is 2. The summed E-state index contributed by atoms with van der Waals surface area (Å²) in [6, 6.07) is 13.8. The number of amides is 2. The normalized spacial score (nSPS) is 25.2. The van der Waals surface area contributed by atoms with Gasteiger partial charge in [-0.15, -0.1) is 0 Å². The molecule has 2 heterocycles. The lowest BCUT2D eigenvalue weighted by atomic mass is 9.85. The van der Waals surface area contributed by atoms with E-state index < -0.39 is 5.54 Å². The fraction of sp³-hybridized carbons (Fsp3) is 0.423. The number of hydrogen-bond donors (Lipinski definition) is 1. The van der Waals surface area contributed by atoms with E-state index in [4.69, 9.17) is 0 Å². The van der Waals surface area contributed by atoms with Gasteiger partial charge < -0.3 is 14.8 Å². The number of rotatable bonds is 4. The van der Waals surface area contributed by atoms with Crippen LogP contribution in [0.3, 0.4) is 0 Å². The molecule has 3 aromatic rings. The highest BCUT2D eigenvalue weighted by molar-refractivity contribution is 6.01. The fourth-order valence-electron chi connectivity index (χ4n) is 5.20. The monoisotopic (exact) mass is 448 g/mol. The van der Waals surface area contributed by atoms with Crippen molar-refractivity contribution in [2.75, 3.05) is 0 Å². The van der Waals surface area contributed by atoms with Crippen molar-refractivity contribution in [2.24, 2.45) is 5.92 Å². The molecule has 1 saturated carbocycles. The van der Waals surface area contributed by atoms with Crippen molar-refractivity contribution in [1.29, 1.82) is 0 Å². The molecule has 3 unspecified atom stereocenters. The number of hydrogen-bond acceptors (Lipinski definition) is 3. The van der Waals surface area contributed by atoms with Gasteiger partial charge in [0.1, 0.15) is 11.4 Å². The molecule has 1 fully saturated rings. The number of para-hydroxylation sites is 2. The topological polar surface area (TPSA) is 67.2 Å². The van der Waals surface area contributed by atoms with Gasteiger partial charge >= 0.3 is 0 Å². The zero-order valence-electron chi connectivity index (χ0n) is 19.1. The van der Waals surface area contributed by atoms with Crippen LogP contribution in [-0.4, -0.2) is 37.8 Å². The summed E-state index contributed by atoms with van der Waals surface area (Å²) in [5, 5.41) is 3.27. The van der Waals surface area contributed by atoms with Crippen LogP contribution in [0, 0.1) is 11.7 Å². The summed E-state index contributed by atoms with van der Waals surface area (Å²) in [4.78, 5) is 33.7. The zero-order chi connectivity index (χ0) is 23.2. The van der Waals surface area contributed by atoms with Crippen molar-refractivity contribution in [1.82, 2.24) is 19.8 Å². The van der Waals surface area contributed by atoms with Crippen molar-refractivity contribution in [2.45, 2.75) is 64.2 Å². The van der Waals surface area contributed by atoms with E-state index in [9.17, 15) is 14.0 Å². The fourth-order valence-corrected chi connectivity index (χ4v) is 5.20. The SMILES string of the molecule is CC1CCCCC1NC(=O)C1(C)Cn2c(nc3ccccc32)C(=O)N1Cc1ccc(F)cc1. The van der Waals surface area contributed by atoms with Gasteiger partial charge in [0.25, 0.3) is 5.91 Å². The molecule has 7 heteroatoms. The van der Waals surface area contributed by atoms with Crippen molar-refractivity contribution >= 4 is 22.8 Å². The Kier molecular flexibility index (Phi) is 5.43. The van der Waals surface area contributed by atoms with Crippen LogP contribution in [0.25, 0.3) is 11.0 Å². The summed E-state index contributed by atoms with van der Waals surface area (Å²) in [7, 11) is 0. The first kappa shape index (κ1) is 21.6. The van der Waals surface area contributed by atoms with Gasteiger partial charge in [0.05, 0.1) is 17.6 Å². The van der Waals surface area contributed by atoms with Crippen LogP contribution in [-0.2, 0) is 17.9 Å². The lowest BCUT2D eigenvalue weighted by Gasteiger charge is -2.44. The molecule has 6 nitrogen and oxygen atoms in total. The third kappa shape index (κ3) is 3.79. The van der Waals surface area contributed by atoms with Gasteiger partial charge in [-0.3, -0.25) is 9.59 Å². The van der Waals surface area contributed by atoms with Gasteiger partial charge in [0, 0.05) is 12.6 Å². The van der Waals surface area contributed by atoms with Gasteiger partial charge in [-0.25, -0.2) is 9.37 Å². The molecule has 1 aliphatic carbocycles. The number of carbonyl (C=O) groups excluding carboxylic acids is 2. The van der Waals surface area contributed by atoms with E-state index in [1.165, 1.54) is 18.6 Å². The van der Waals surface area contributed by atoms with E-state index in [2.05, 4.69) is 17.2 Å². The molecule has 33 heavy (non-hydrogen) atoms. The summed E-state index contributed by atoms with van der Waals surface area (Å²) < 4.78 is 15.3. The highest BCUT2D eigenvalue weighted by Crippen LogP contribution is 2.33. The minimum Gasteiger partial charge on any atom is -0.351 e. The zero-order valence-corrected chi connectivity index (χ0v) is 19.1. The number of aromatic nitrogens is 2. The van der Waals surface area contributed by atoms with Gasteiger partial charge in [-0.2, -0.15) is 0 Å². The molecule has 2 amide bonds. The second kappa shape index (κ2) is 8.28. The second-order valence-electron chi connectivity index (χ2n) is 9.64. The highest BCUT2D eigenvalue weighted by atomic mass is 19.1. The summed E-state index contributed by atoms with van der Waals surface area (Å²) in [6.45, 7) is 4.51. The Balaban J connectivity index is 1.54. The minimum atomic E-state index is -1.11. The maximum absolute atomic E-state index is 13.8. The summed E-state index contributed by atoms with van der Waals surface area (Å²) in [6.07, 6.45) is 4.33. The lowest BCUT2D eigenvalue weighted by molar-refractivity contribution is -0.134. The van der Waals surface area contributed by atoms with Crippen LogP contribution in [0.1, 0.15) is 55.7 Å². The van der Waals surface area contributed by atoms with E-state index >= 15 is 0 Å². The summed E-state index contributed by atoms with van der Waals surface area (Å²) in [5.41, 5.74) is 1.22. The molecule has 0 radical (unpaired) electrons. The molecule has 1 aliphatic heterocycles. The number of nitrogens with one attached hydrogen (secondary N) is 1. The first-order chi connectivity index (χ1) is 15.9. The number of halogens is 1. The molecule has 172 valence electrons. The predicted octanol–water partition coefficient (Wildman–Crippen LogP) is 4.29. The highest BCUT2D eigenvalue weighted by Gasteiger charge is 2.49. The van der Waals surface area contributed by atoms with E-state index in [1.807, 2.05) is 35.8 Å². The first-order valence-electron chi connectivity index (χ1n) is 11.7. The third-order valence-electron chi connectivity index (χ3n) is 7.32. The van der Waals surface area contributed by atoms with E-state index in [0.717, 1.165) is 35.9 Å². The van der Waals surface area contributed by atoms with Crippen molar-refractivity contribution in [3.63, 3.8) is 0 Å². The number of imidazole rings is 1. The largest absolute Gasteiger partial charge is 0.351 e. The van der Waals surface area contributed by atoms with Gasteiger partial charge in [0.2, 0.25) is 5.91 Å². The maximum Gasteiger partial charge on any atom is 0.291 e. The van der Waals surface area contributed by atoms with Crippen LogP contribution in [0.5, 0.6) is 0 Å². The maximum atomic E-state index is 13.8. The molecule has 1 N–H and O–H groups in total. The molecule has 1 aromatic heterocycles. The van der Waals surface area contributed by atoms with Crippen LogP contribution in [0.15, 0.2) is 48.5 Å². The molecule has 0 bridgehead atoms. The average Bonchev–Trinajstić information content (AvgIpc) is 3.18. The van der Waals surface area contributed by atoms with Crippen molar-refractivity contribution < 1.29 is 14.0 Å². The molecular weight excluding hydrogens is 419 g/mol. The standard InChI is InChI=1S/C26H29FN4O2/c1-17-7-3-4-8-20(17)29-25(33)26(2)16-30-22-10-6-5-9-21(22)28-23(30)24(32)31(26)15-18-11-13-19(27)14-12-18/h5-6,9-14,17,20H,3-4,7-8,15-16H2,1-2H3,(H,29,33). The van der Waals surface area contributed by atoms with Gasteiger partial charge in [-0.05, 0) is 55.5 Å². The molecular formula is C26H29FN4O2. The minimum absolute atomic E-state index is 0.103. The molecule has 2 aliphatic rings. The predicted molar refractivity (Wildman–Crippen MR) is 124 cm³/mol. The number of fused-ring (bicyclic) bond motifs is 3. The molecule has 0 saturated heterocycles. The lowest BCUT2D eigenvalue weighted by Crippen LogP contribution is -2.65. The summed E-state index contributed by atoms with van der Waals surface area (Å²) in [5.74, 6) is -0.0519. The number of nitrogens with zero attached hydrogens (tertiary/aromatic N) is 3. The molecule has 5 rings (SSSR count). The Morgan fingerprint density at radius 2 is 1.88 bits per heavy atom. The van der Waals surface area contributed by atoms with Crippen molar-refractivity contribution in [3.8, 4) is 0 Å². The van der Waals surface area contributed by atoms with Crippen LogP contribution >= 0.6 is 0 Å². The molecule has 2 aromatic carbocycles. The van der Waals surface area contributed by atoms with Crippen LogP contribution < -0.4 is 5.32 Å². The van der Waals surface area contributed by atoms with E-state index in [1.54, 1.807) is 17.0 Å². The van der Waals surface area contributed by atoms with Crippen LogP contribution in [0.4, 0.5) is 4.39 Å². The Hall–Kier alpha value is -3.22. The smallest absolute Gasteiger partial charge is 0.291 e. The second-order valence-corrected chi connectivity index (χ2v) is 9.64. The Labute approximate surface area is 192 Å². The summed E-state index contributed by atoms with van der Waals surface area (Å²) >= 11 is 0. The van der Waals surface area contributed by atoms with Crippen LogP contribution in [0.2, 0.25) is 0 Å². The van der Waals surface area contributed by atoms with E-state index in [0.29, 0.717) is 18.3 Å². The average molecular weight is 449 g/mol. The Morgan fingerprint density at radius 3 is 2.64 bits per heavy atom. The third-order valence-corrected chi connectivity index (χ3v) is 7.32. The van der Waals surface area contributed by atoms with Crippen molar-refractivity contribution in [3.05, 3.63) is 65.7 Å². The number of benzene rings is 2. The quantitative estimate of drug-likeness (QED) is 0.648.